The van der Waals surface area contributed by atoms with Gasteiger partial charge < -0.3 is 9.64 Å². The van der Waals surface area contributed by atoms with E-state index in [1.807, 2.05) is 0 Å². The highest BCUT2D eigenvalue weighted by Gasteiger charge is 2.24. The zero-order valence-electron chi connectivity index (χ0n) is 10.1. The van der Waals surface area contributed by atoms with Crippen LogP contribution in [0.1, 0.15) is 10.4 Å². The van der Waals surface area contributed by atoms with Gasteiger partial charge in [0.25, 0.3) is 15.0 Å². The summed E-state index contributed by atoms with van der Waals surface area (Å²) in [5.41, 5.74) is 0.107. The molecule has 110 valence electrons. The summed E-state index contributed by atoms with van der Waals surface area (Å²) in [6, 6.07) is 2.54. The highest BCUT2D eigenvalue weighted by Crippen LogP contribution is 2.31. The van der Waals surface area contributed by atoms with E-state index in [0.717, 1.165) is 0 Å². The van der Waals surface area contributed by atoms with Crippen molar-refractivity contribution in [1.29, 1.82) is 0 Å². The van der Waals surface area contributed by atoms with Crippen LogP contribution in [-0.4, -0.2) is 45.5 Å². The van der Waals surface area contributed by atoms with Crippen LogP contribution >= 0.6 is 38.2 Å². The molecule has 0 aromatic heterocycles. The molecular weight excluding hydrogens is 393 g/mol. The molecule has 0 spiro atoms. The zero-order chi connectivity index (χ0) is 14.9. The Morgan fingerprint density at radius 1 is 1.30 bits per heavy atom. The van der Waals surface area contributed by atoms with Gasteiger partial charge in [0.1, 0.15) is 0 Å². The molecule has 1 fully saturated rings. The molecule has 0 aliphatic carbocycles. The first-order valence-corrected chi connectivity index (χ1v) is 9.09. The lowest BCUT2D eigenvalue weighted by Gasteiger charge is -2.27. The van der Waals surface area contributed by atoms with Crippen LogP contribution in [0.15, 0.2) is 21.5 Å². The summed E-state index contributed by atoms with van der Waals surface area (Å²) in [7, 11) is 1.37. The van der Waals surface area contributed by atoms with Crippen LogP contribution in [0.2, 0.25) is 5.02 Å². The number of hydrogen-bond acceptors (Lipinski definition) is 4. The summed E-state index contributed by atoms with van der Waals surface area (Å²) >= 11 is 9.09. The fourth-order valence-electron chi connectivity index (χ4n) is 1.82. The minimum atomic E-state index is -3.97. The maximum atomic E-state index is 12.3. The van der Waals surface area contributed by atoms with Crippen LogP contribution in [0.5, 0.6) is 0 Å². The van der Waals surface area contributed by atoms with Crippen LogP contribution in [0, 0.1) is 0 Å². The van der Waals surface area contributed by atoms with Crippen molar-refractivity contribution in [3.63, 3.8) is 0 Å². The number of benzene rings is 1. The van der Waals surface area contributed by atoms with E-state index in [-0.39, 0.29) is 25.9 Å². The minimum Gasteiger partial charge on any atom is -0.378 e. The Morgan fingerprint density at radius 3 is 2.45 bits per heavy atom. The van der Waals surface area contributed by atoms with Gasteiger partial charge in [-0.3, -0.25) is 4.79 Å². The third kappa shape index (κ3) is 3.46. The van der Waals surface area contributed by atoms with Gasteiger partial charge in [-0.25, -0.2) is 8.42 Å². The van der Waals surface area contributed by atoms with E-state index >= 15 is 0 Å². The lowest BCUT2D eigenvalue weighted by atomic mass is 10.2. The van der Waals surface area contributed by atoms with Gasteiger partial charge in [0.15, 0.2) is 0 Å². The molecule has 1 aliphatic rings. The lowest BCUT2D eigenvalue weighted by Crippen LogP contribution is -2.40. The van der Waals surface area contributed by atoms with Gasteiger partial charge >= 0.3 is 0 Å². The number of nitrogens with zero attached hydrogens (tertiary/aromatic N) is 1. The van der Waals surface area contributed by atoms with Crippen molar-refractivity contribution in [2.24, 2.45) is 0 Å². The van der Waals surface area contributed by atoms with Crippen molar-refractivity contribution in [2.45, 2.75) is 4.90 Å². The second-order valence-corrected chi connectivity index (χ2v) is 7.90. The molecule has 20 heavy (non-hydrogen) atoms. The number of rotatable bonds is 2. The highest BCUT2D eigenvalue weighted by atomic mass is 79.9. The average molecular weight is 403 g/mol. The molecule has 2 rings (SSSR count). The molecule has 0 atom stereocenters. The molecule has 1 saturated heterocycles. The number of morpholine rings is 1. The van der Waals surface area contributed by atoms with E-state index in [0.29, 0.717) is 26.3 Å². The van der Waals surface area contributed by atoms with Gasteiger partial charge in [0.2, 0.25) is 0 Å². The Morgan fingerprint density at radius 2 is 1.90 bits per heavy atom. The first-order chi connectivity index (χ1) is 9.30. The normalized spacial score (nSPS) is 16.2. The number of halogens is 3. The molecule has 1 heterocycles. The molecule has 5 nitrogen and oxygen atoms in total. The first kappa shape index (κ1) is 16.0. The topological polar surface area (TPSA) is 63.7 Å². The van der Waals surface area contributed by atoms with Crippen molar-refractivity contribution in [1.82, 2.24) is 4.90 Å². The van der Waals surface area contributed by atoms with Crippen molar-refractivity contribution in [2.75, 3.05) is 26.3 Å². The molecule has 0 bridgehead atoms. The predicted octanol–water partition coefficient (Wildman–Crippen LogP) is 2.50. The summed E-state index contributed by atoms with van der Waals surface area (Å²) in [4.78, 5) is 13.7. The number of ether oxygens (including phenoxy) is 1. The van der Waals surface area contributed by atoms with Crippen LogP contribution in [0.4, 0.5) is 0 Å². The number of carbonyl (C=O) groups excluding carboxylic acids is 1. The summed E-state index contributed by atoms with van der Waals surface area (Å²) < 4.78 is 28.3. The fraction of sp³-hybridized carbons (Fsp3) is 0.364. The van der Waals surface area contributed by atoms with Gasteiger partial charge in [-0.1, -0.05) is 11.6 Å². The van der Waals surface area contributed by atoms with Gasteiger partial charge in [-0.2, -0.15) is 0 Å². The maximum Gasteiger partial charge on any atom is 0.262 e. The maximum absolute atomic E-state index is 12.3. The fourth-order valence-corrected chi connectivity index (χ4v) is 4.39. The van der Waals surface area contributed by atoms with Gasteiger partial charge in [0, 0.05) is 28.2 Å². The Balaban J connectivity index is 2.43. The highest BCUT2D eigenvalue weighted by molar-refractivity contribution is 9.10. The predicted molar refractivity (Wildman–Crippen MR) is 78.9 cm³/mol. The molecular formula is C11H10BrCl2NO4S. The molecule has 0 N–H and O–H groups in total. The second kappa shape index (κ2) is 6.19. The molecule has 0 radical (unpaired) electrons. The van der Waals surface area contributed by atoms with Gasteiger partial charge in [-0.05, 0) is 28.1 Å². The number of amides is 1. The Kier molecular flexibility index (Phi) is 4.96. The Hall–Kier alpha value is -0.340. The average Bonchev–Trinajstić information content (AvgIpc) is 2.37. The largest absolute Gasteiger partial charge is 0.378 e. The van der Waals surface area contributed by atoms with Crippen molar-refractivity contribution < 1.29 is 17.9 Å². The molecule has 1 aliphatic heterocycles. The van der Waals surface area contributed by atoms with E-state index < -0.39 is 9.05 Å². The monoisotopic (exact) mass is 401 g/mol. The van der Waals surface area contributed by atoms with Gasteiger partial charge in [0.05, 0.1) is 28.7 Å². The Bertz CT molecular complexity index is 644. The van der Waals surface area contributed by atoms with Crippen LogP contribution in [0.25, 0.3) is 0 Å². The minimum absolute atomic E-state index is 0.107. The first-order valence-electron chi connectivity index (χ1n) is 5.61. The Labute approximate surface area is 134 Å². The van der Waals surface area contributed by atoms with E-state index in [4.69, 9.17) is 27.0 Å². The van der Waals surface area contributed by atoms with E-state index in [1.165, 1.54) is 12.1 Å². The molecule has 1 amide bonds. The molecule has 0 unspecified atom stereocenters. The van der Waals surface area contributed by atoms with Crippen LogP contribution in [0.3, 0.4) is 0 Å². The van der Waals surface area contributed by atoms with E-state index in [9.17, 15) is 13.2 Å². The number of hydrogen-bond donors (Lipinski definition) is 0. The zero-order valence-corrected chi connectivity index (χ0v) is 14.0. The van der Waals surface area contributed by atoms with E-state index in [1.54, 1.807) is 4.90 Å². The molecule has 0 saturated carbocycles. The van der Waals surface area contributed by atoms with Gasteiger partial charge in [-0.15, -0.1) is 0 Å². The molecule has 9 heteroatoms. The van der Waals surface area contributed by atoms with Crippen molar-refractivity contribution >= 4 is 53.2 Å². The molecule has 1 aromatic carbocycles. The summed E-state index contributed by atoms with van der Waals surface area (Å²) in [6.07, 6.45) is 0. The standard InChI is InChI=1S/C11H10BrCl2NO4S/c12-8-6-9(13)7(5-10(8)20(14,17)18)11(16)15-1-3-19-4-2-15/h5-6H,1-4H2. The van der Waals surface area contributed by atoms with Crippen molar-refractivity contribution in [3.05, 3.63) is 27.2 Å². The second-order valence-electron chi connectivity index (χ2n) is 4.10. The molecule has 1 aromatic rings. The van der Waals surface area contributed by atoms with E-state index in [2.05, 4.69) is 15.9 Å². The summed E-state index contributed by atoms with van der Waals surface area (Å²) in [6.45, 7) is 1.77. The third-order valence-electron chi connectivity index (χ3n) is 2.81. The smallest absolute Gasteiger partial charge is 0.262 e. The quantitative estimate of drug-likeness (QED) is 0.713. The van der Waals surface area contributed by atoms with Crippen LogP contribution < -0.4 is 0 Å². The lowest BCUT2D eigenvalue weighted by molar-refractivity contribution is 0.0303. The SMILES string of the molecule is O=C(c1cc(S(=O)(=O)Cl)c(Br)cc1Cl)N1CCOCC1. The summed E-state index contributed by atoms with van der Waals surface area (Å²) in [5.74, 6) is -0.340. The van der Waals surface area contributed by atoms with Crippen LogP contribution in [-0.2, 0) is 13.8 Å². The number of carbonyl (C=O) groups is 1. The van der Waals surface area contributed by atoms with Crippen molar-refractivity contribution in [3.8, 4) is 0 Å². The third-order valence-corrected chi connectivity index (χ3v) is 5.41. The summed E-state index contributed by atoms with van der Waals surface area (Å²) in [5, 5.41) is 0.164.